The largest absolute Gasteiger partial charge is 0.369 e. The number of hydrogen-bond acceptors (Lipinski definition) is 1. The lowest BCUT2D eigenvalue weighted by Gasteiger charge is -2.38. The minimum Gasteiger partial charge on any atom is -0.369 e. The summed E-state index contributed by atoms with van der Waals surface area (Å²) >= 11 is 26.3. The molecule has 4 fully saturated rings. The fourth-order valence-electron chi connectivity index (χ4n) is 5.31. The Morgan fingerprint density at radius 1 is 0.941 bits per heavy atom. The van der Waals surface area contributed by atoms with Gasteiger partial charge in [0, 0.05) is 0 Å². The molecule has 5 heteroatoms. The fourth-order valence-corrected chi connectivity index (χ4v) is 7.41. The van der Waals surface area contributed by atoms with Crippen LogP contribution in [0.25, 0.3) is 0 Å². The molecule has 4 bridgehead atoms. The molecule has 1 aliphatic heterocycles. The monoisotopic (exact) mass is 310 g/mol. The summed E-state index contributed by atoms with van der Waals surface area (Å²) in [7, 11) is 0. The number of hydrogen-bond donors (Lipinski definition) is 0. The summed E-state index contributed by atoms with van der Waals surface area (Å²) in [4.78, 5) is -1.03. The molecule has 0 amide bonds. The zero-order chi connectivity index (χ0) is 11.7. The Kier molecular flexibility index (Phi) is 1.67. The normalized spacial score (nSPS) is 69.9. The van der Waals surface area contributed by atoms with Crippen molar-refractivity contribution in [2.75, 3.05) is 0 Å². The van der Waals surface area contributed by atoms with Crippen molar-refractivity contribution in [1.82, 2.24) is 0 Å². The molecule has 1 saturated heterocycles. The third kappa shape index (κ3) is 0.885. The van der Waals surface area contributed by atoms with Gasteiger partial charge in [-0.05, 0) is 36.5 Å². The van der Waals surface area contributed by atoms with Gasteiger partial charge in [0.05, 0.1) is 32.0 Å². The Labute approximate surface area is 119 Å². The molecule has 0 N–H and O–H groups in total. The number of halogens is 4. The molecule has 5 rings (SSSR count). The molecule has 0 aromatic heterocycles. The standard InChI is InChI=1S/C12H10Cl4O/c13-9-10(14)12(16)2-11(9,15)5-3-1-4(6(5)12)8-7(3)17-8/h3-8H,1-2H2/t3-,4-,5-,6-,7-,8-,11-,12-/m1/s1. The van der Waals surface area contributed by atoms with Gasteiger partial charge in [0.1, 0.15) is 0 Å². The average molecular weight is 312 g/mol. The summed E-state index contributed by atoms with van der Waals surface area (Å²) < 4.78 is 5.74. The molecule has 1 heterocycles. The Morgan fingerprint density at radius 2 is 1.41 bits per heavy atom. The van der Waals surface area contributed by atoms with E-state index in [0.29, 0.717) is 52.4 Å². The minimum atomic E-state index is -0.513. The summed E-state index contributed by atoms with van der Waals surface area (Å²) in [5.41, 5.74) is 0. The van der Waals surface area contributed by atoms with E-state index in [1.54, 1.807) is 0 Å². The highest BCUT2D eigenvalue weighted by molar-refractivity contribution is 6.51. The molecule has 5 aliphatic rings. The first-order valence-electron chi connectivity index (χ1n) is 6.08. The highest BCUT2D eigenvalue weighted by Crippen LogP contribution is 2.79. The van der Waals surface area contributed by atoms with Gasteiger partial charge in [0.2, 0.25) is 0 Å². The van der Waals surface area contributed by atoms with Gasteiger partial charge in [0.15, 0.2) is 0 Å². The van der Waals surface area contributed by atoms with Gasteiger partial charge in [0.25, 0.3) is 0 Å². The lowest BCUT2D eigenvalue weighted by Crippen LogP contribution is -2.42. The topological polar surface area (TPSA) is 12.5 Å². The van der Waals surface area contributed by atoms with Crippen molar-refractivity contribution >= 4 is 46.4 Å². The first-order valence-corrected chi connectivity index (χ1v) is 7.59. The second-order valence-electron chi connectivity index (χ2n) is 6.21. The zero-order valence-corrected chi connectivity index (χ0v) is 11.8. The third-order valence-corrected chi connectivity index (χ3v) is 8.24. The van der Waals surface area contributed by atoms with E-state index in [1.165, 1.54) is 6.42 Å². The molecular formula is C12H10Cl4O. The van der Waals surface area contributed by atoms with Gasteiger partial charge in [-0.3, -0.25) is 0 Å². The number of fused-ring (bicyclic) bond motifs is 12. The molecule has 3 saturated carbocycles. The Morgan fingerprint density at radius 3 is 1.88 bits per heavy atom. The van der Waals surface area contributed by atoms with Crippen LogP contribution in [-0.4, -0.2) is 22.0 Å². The van der Waals surface area contributed by atoms with Gasteiger partial charge in [-0.2, -0.15) is 0 Å². The quantitative estimate of drug-likeness (QED) is 0.377. The average Bonchev–Trinajstić information content (AvgIpc) is 2.73. The highest BCUT2D eigenvalue weighted by atomic mass is 35.5. The van der Waals surface area contributed by atoms with Crippen LogP contribution in [0.4, 0.5) is 0 Å². The maximum absolute atomic E-state index is 6.80. The molecule has 0 spiro atoms. The van der Waals surface area contributed by atoms with E-state index in [2.05, 4.69) is 0 Å². The third-order valence-electron chi connectivity index (χ3n) is 5.75. The van der Waals surface area contributed by atoms with Crippen LogP contribution in [0.3, 0.4) is 0 Å². The van der Waals surface area contributed by atoms with E-state index >= 15 is 0 Å². The van der Waals surface area contributed by atoms with Crippen molar-refractivity contribution in [2.24, 2.45) is 23.7 Å². The fraction of sp³-hybridized carbons (Fsp3) is 0.833. The van der Waals surface area contributed by atoms with E-state index in [1.807, 2.05) is 0 Å². The van der Waals surface area contributed by atoms with Crippen molar-refractivity contribution in [3.05, 3.63) is 10.1 Å². The van der Waals surface area contributed by atoms with Crippen LogP contribution >= 0.6 is 46.4 Å². The first kappa shape index (κ1) is 10.6. The molecule has 4 aliphatic carbocycles. The number of rotatable bonds is 0. The van der Waals surface area contributed by atoms with Crippen LogP contribution in [0.5, 0.6) is 0 Å². The molecule has 1 nitrogen and oxygen atoms in total. The Hall–Kier alpha value is 0.860. The molecule has 17 heavy (non-hydrogen) atoms. The summed E-state index contributed by atoms with van der Waals surface area (Å²) in [6.45, 7) is 0. The Bertz CT molecular complexity index is 451. The van der Waals surface area contributed by atoms with Crippen molar-refractivity contribution < 1.29 is 4.74 Å². The molecule has 0 unspecified atom stereocenters. The van der Waals surface area contributed by atoms with Crippen LogP contribution < -0.4 is 0 Å². The number of alkyl halides is 2. The van der Waals surface area contributed by atoms with Crippen molar-refractivity contribution in [1.29, 1.82) is 0 Å². The lowest BCUT2D eigenvalue weighted by molar-refractivity contribution is 0.239. The van der Waals surface area contributed by atoms with Gasteiger partial charge in [-0.1, -0.05) is 23.2 Å². The van der Waals surface area contributed by atoms with Crippen molar-refractivity contribution in [3.8, 4) is 0 Å². The SMILES string of the molecule is ClC1=C(Cl)[C@@]2(Cl)C[C@@]1(Cl)[C@@H]1[C@H]3C[C@@H]([C@H]4O[C@H]34)[C@H]12. The molecule has 0 aromatic carbocycles. The van der Waals surface area contributed by atoms with Crippen LogP contribution in [0, 0.1) is 23.7 Å². The maximum Gasteiger partial charge on any atom is 0.0876 e. The predicted octanol–water partition coefficient (Wildman–Crippen LogP) is 3.70. The van der Waals surface area contributed by atoms with Crippen molar-refractivity contribution in [2.45, 2.75) is 34.8 Å². The number of allylic oxidation sites excluding steroid dienone is 2. The van der Waals surface area contributed by atoms with Crippen LogP contribution in [-0.2, 0) is 4.74 Å². The van der Waals surface area contributed by atoms with Gasteiger partial charge < -0.3 is 4.74 Å². The van der Waals surface area contributed by atoms with E-state index in [4.69, 9.17) is 51.1 Å². The highest BCUT2D eigenvalue weighted by Gasteiger charge is 2.81. The molecule has 0 radical (unpaired) electrons. The summed E-state index contributed by atoms with van der Waals surface area (Å²) in [5, 5.41) is 1.20. The molecule has 0 aromatic rings. The number of epoxide rings is 1. The minimum absolute atomic E-state index is 0.366. The van der Waals surface area contributed by atoms with Gasteiger partial charge in [-0.25, -0.2) is 0 Å². The first-order chi connectivity index (χ1) is 7.98. The van der Waals surface area contributed by atoms with E-state index in [-0.39, 0.29) is 0 Å². The summed E-state index contributed by atoms with van der Waals surface area (Å²) in [5.74, 6) is 1.83. The van der Waals surface area contributed by atoms with E-state index in [9.17, 15) is 0 Å². The molecular weight excluding hydrogens is 302 g/mol. The molecule has 92 valence electrons. The molecule has 8 atom stereocenters. The lowest BCUT2D eigenvalue weighted by atomic mass is 9.73. The smallest absolute Gasteiger partial charge is 0.0876 e. The number of ether oxygens (including phenoxy) is 1. The van der Waals surface area contributed by atoms with E-state index in [0.717, 1.165) is 0 Å². The van der Waals surface area contributed by atoms with Crippen LogP contribution in [0.1, 0.15) is 12.8 Å². The van der Waals surface area contributed by atoms with Gasteiger partial charge >= 0.3 is 0 Å². The van der Waals surface area contributed by atoms with Crippen LogP contribution in [0.15, 0.2) is 10.1 Å². The zero-order valence-electron chi connectivity index (χ0n) is 8.80. The van der Waals surface area contributed by atoms with Crippen molar-refractivity contribution in [3.63, 3.8) is 0 Å². The second-order valence-corrected chi connectivity index (χ2v) is 8.31. The van der Waals surface area contributed by atoms with E-state index < -0.39 is 9.75 Å². The maximum atomic E-state index is 6.80. The second kappa shape index (κ2) is 2.67. The van der Waals surface area contributed by atoms with Crippen LogP contribution in [0.2, 0.25) is 0 Å². The van der Waals surface area contributed by atoms with Gasteiger partial charge in [-0.15, -0.1) is 23.2 Å². The summed E-state index contributed by atoms with van der Waals surface area (Å²) in [6.07, 6.45) is 2.75. The Balaban J connectivity index is 1.75. The summed E-state index contributed by atoms with van der Waals surface area (Å²) in [6, 6.07) is 0. The predicted molar refractivity (Wildman–Crippen MR) is 67.8 cm³/mol.